The Hall–Kier alpha value is -1.88. The van der Waals surface area contributed by atoms with Crippen molar-refractivity contribution >= 4 is 0 Å². The van der Waals surface area contributed by atoms with Gasteiger partial charge in [-0.05, 0) is 48.7 Å². The van der Waals surface area contributed by atoms with Gasteiger partial charge in [-0.2, -0.15) is 0 Å². The minimum absolute atomic E-state index is 0.0468. The SMILES string of the molecule is OCc1cc(C(O)CNCCCc2[c]cccc2)ccc1O. The highest BCUT2D eigenvalue weighted by Gasteiger charge is 2.09. The lowest BCUT2D eigenvalue weighted by Gasteiger charge is -2.14. The predicted octanol–water partition coefficient (Wildman–Crippen LogP) is 1.94. The Bertz CT molecular complexity index is 572. The summed E-state index contributed by atoms with van der Waals surface area (Å²) in [6, 6.07) is 15.9. The molecule has 4 N–H and O–H groups in total. The molecule has 4 heteroatoms. The van der Waals surface area contributed by atoms with Crippen molar-refractivity contribution in [3.63, 3.8) is 0 Å². The molecule has 0 aliphatic carbocycles. The molecule has 117 valence electrons. The van der Waals surface area contributed by atoms with Crippen LogP contribution in [-0.4, -0.2) is 28.4 Å². The fourth-order valence-electron chi connectivity index (χ4n) is 2.29. The Morgan fingerprint density at radius 3 is 2.77 bits per heavy atom. The van der Waals surface area contributed by atoms with Crippen LogP contribution in [0.3, 0.4) is 0 Å². The third-order valence-corrected chi connectivity index (χ3v) is 3.57. The third-order valence-electron chi connectivity index (χ3n) is 3.57. The predicted molar refractivity (Wildman–Crippen MR) is 85.5 cm³/mol. The number of aliphatic hydroxyl groups is 2. The summed E-state index contributed by atoms with van der Waals surface area (Å²) in [5.41, 5.74) is 2.30. The fraction of sp³-hybridized carbons (Fsp3) is 0.333. The summed E-state index contributed by atoms with van der Waals surface area (Å²) in [6.07, 6.45) is 1.27. The van der Waals surface area contributed by atoms with E-state index in [1.165, 1.54) is 11.6 Å². The quantitative estimate of drug-likeness (QED) is 0.562. The second-order valence-electron chi connectivity index (χ2n) is 5.26. The maximum atomic E-state index is 10.1. The molecule has 22 heavy (non-hydrogen) atoms. The van der Waals surface area contributed by atoms with Gasteiger partial charge in [0.05, 0.1) is 12.7 Å². The molecule has 0 fully saturated rings. The molecular formula is C18H22NO3. The maximum Gasteiger partial charge on any atom is 0.121 e. The smallest absolute Gasteiger partial charge is 0.121 e. The van der Waals surface area contributed by atoms with E-state index < -0.39 is 6.10 Å². The summed E-state index contributed by atoms with van der Waals surface area (Å²) < 4.78 is 0. The van der Waals surface area contributed by atoms with E-state index in [2.05, 4.69) is 17.4 Å². The van der Waals surface area contributed by atoms with E-state index in [4.69, 9.17) is 5.11 Å². The lowest BCUT2D eigenvalue weighted by Crippen LogP contribution is -2.23. The number of aryl methyl sites for hydroxylation is 1. The number of hydrogen-bond donors (Lipinski definition) is 4. The monoisotopic (exact) mass is 300 g/mol. The van der Waals surface area contributed by atoms with Gasteiger partial charge in [-0.25, -0.2) is 0 Å². The maximum absolute atomic E-state index is 10.1. The van der Waals surface area contributed by atoms with E-state index in [9.17, 15) is 10.2 Å². The summed E-state index contributed by atoms with van der Waals surface area (Å²) in [6.45, 7) is 1.01. The van der Waals surface area contributed by atoms with Crippen LogP contribution in [0.5, 0.6) is 5.75 Å². The number of nitrogens with one attached hydrogen (secondary N) is 1. The number of hydrogen-bond acceptors (Lipinski definition) is 4. The van der Waals surface area contributed by atoms with Crippen molar-refractivity contribution in [3.05, 3.63) is 65.2 Å². The summed E-state index contributed by atoms with van der Waals surface area (Å²) in [5.74, 6) is 0.0468. The van der Waals surface area contributed by atoms with Crippen LogP contribution in [0.25, 0.3) is 0 Å². The first-order valence-corrected chi connectivity index (χ1v) is 7.47. The van der Waals surface area contributed by atoms with E-state index in [1.807, 2.05) is 18.2 Å². The molecule has 0 aliphatic heterocycles. The zero-order valence-corrected chi connectivity index (χ0v) is 12.5. The van der Waals surface area contributed by atoms with Gasteiger partial charge in [0.25, 0.3) is 0 Å². The van der Waals surface area contributed by atoms with Gasteiger partial charge in [0.15, 0.2) is 0 Å². The second kappa shape index (κ2) is 8.54. The molecule has 0 spiro atoms. The topological polar surface area (TPSA) is 72.7 Å². The average molecular weight is 300 g/mol. The van der Waals surface area contributed by atoms with Crippen LogP contribution in [0.4, 0.5) is 0 Å². The van der Waals surface area contributed by atoms with Crippen molar-refractivity contribution in [2.24, 2.45) is 0 Å². The molecule has 0 saturated carbocycles. The van der Waals surface area contributed by atoms with Crippen LogP contribution in [0, 0.1) is 6.07 Å². The molecule has 1 atom stereocenters. The standard InChI is InChI=1S/C18H22NO3/c20-13-16-11-15(8-9-17(16)21)18(22)12-19-10-4-7-14-5-2-1-3-6-14/h1-3,5,8-9,11,18-22H,4,7,10,12-13H2. The summed E-state index contributed by atoms with van der Waals surface area (Å²) in [5, 5.41) is 32.0. The largest absolute Gasteiger partial charge is 0.508 e. The molecule has 0 aliphatic rings. The van der Waals surface area contributed by atoms with Gasteiger partial charge < -0.3 is 20.6 Å². The Labute approximate surface area is 131 Å². The first-order valence-electron chi connectivity index (χ1n) is 7.47. The Morgan fingerprint density at radius 2 is 2.05 bits per heavy atom. The minimum atomic E-state index is -0.658. The van der Waals surface area contributed by atoms with Gasteiger partial charge in [-0.3, -0.25) is 0 Å². The van der Waals surface area contributed by atoms with E-state index in [-0.39, 0.29) is 12.4 Å². The number of aromatic hydroxyl groups is 1. The van der Waals surface area contributed by atoms with Crippen LogP contribution in [0.15, 0.2) is 42.5 Å². The van der Waals surface area contributed by atoms with E-state index in [0.29, 0.717) is 17.7 Å². The average Bonchev–Trinajstić information content (AvgIpc) is 2.55. The molecule has 4 nitrogen and oxygen atoms in total. The molecule has 1 unspecified atom stereocenters. The van der Waals surface area contributed by atoms with Crippen molar-refractivity contribution in [1.82, 2.24) is 5.32 Å². The van der Waals surface area contributed by atoms with Gasteiger partial charge >= 0.3 is 0 Å². The second-order valence-corrected chi connectivity index (χ2v) is 5.26. The highest BCUT2D eigenvalue weighted by atomic mass is 16.3. The van der Waals surface area contributed by atoms with E-state index >= 15 is 0 Å². The molecule has 0 aromatic heterocycles. The van der Waals surface area contributed by atoms with Gasteiger partial charge in [0, 0.05) is 12.1 Å². The van der Waals surface area contributed by atoms with Crippen LogP contribution >= 0.6 is 0 Å². The first kappa shape index (κ1) is 16.5. The lowest BCUT2D eigenvalue weighted by atomic mass is 10.1. The fourth-order valence-corrected chi connectivity index (χ4v) is 2.29. The minimum Gasteiger partial charge on any atom is -0.508 e. The van der Waals surface area contributed by atoms with Crippen LogP contribution in [0.1, 0.15) is 29.2 Å². The number of phenols is 1. The van der Waals surface area contributed by atoms with Gasteiger partial charge in [-0.1, -0.05) is 30.3 Å². The molecule has 1 radical (unpaired) electrons. The molecular weight excluding hydrogens is 278 g/mol. The van der Waals surface area contributed by atoms with Crippen LogP contribution in [0.2, 0.25) is 0 Å². The van der Waals surface area contributed by atoms with Crippen molar-refractivity contribution in [3.8, 4) is 5.75 Å². The third kappa shape index (κ3) is 4.84. The van der Waals surface area contributed by atoms with Gasteiger partial charge in [-0.15, -0.1) is 0 Å². The molecule has 2 rings (SSSR count). The van der Waals surface area contributed by atoms with Gasteiger partial charge in [0.1, 0.15) is 5.75 Å². The molecule has 0 bridgehead atoms. The van der Waals surface area contributed by atoms with Crippen LogP contribution < -0.4 is 5.32 Å². The molecule has 2 aromatic carbocycles. The van der Waals surface area contributed by atoms with E-state index in [1.54, 1.807) is 12.1 Å². The highest BCUT2D eigenvalue weighted by molar-refractivity contribution is 5.36. The van der Waals surface area contributed by atoms with Crippen LogP contribution in [-0.2, 0) is 13.0 Å². The Kier molecular flexibility index (Phi) is 6.40. The normalized spacial score (nSPS) is 12.3. The number of aliphatic hydroxyl groups excluding tert-OH is 2. The summed E-state index contributed by atoms with van der Waals surface area (Å²) in [7, 11) is 0. The number of benzene rings is 2. The van der Waals surface area contributed by atoms with Crippen molar-refractivity contribution < 1.29 is 15.3 Å². The summed E-state index contributed by atoms with van der Waals surface area (Å²) in [4.78, 5) is 0. The zero-order valence-electron chi connectivity index (χ0n) is 12.5. The van der Waals surface area contributed by atoms with Gasteiger partial charge in [0.2, 0.25) is 0 Å². The van der Waals surface area contributed by atoms with E-state index in [0.717, 1.165) is 19.4 Å². The molecule has 2 aromatic rings. The van der Waals surface area contributed by atoms with Crippen molar-refractivity contribution in [2.75, 3.05) is 13.1 Å². The van der Waals surface area contributed by atoms with Crippen molar-refractivity contribution in [2.45, 2.75) is 25.6 Å². The Morgan fingerprint density at radius 1 is 1.18 bits per heavy atom. The Balaban J connectivity index is 1.72. The zero-order chi connectivity index (χ0) is 15.8. The van der Waals surface area contributed by atoms with Crippen molar-refractivity contribution in [1.29, 1.82) is 0 Å². The highest BCUT2D eigenvalue weighted by Crippen LogP contribution is 2.22. The first-order chi connectivity index (χ1) is 10.7. The molecule has 0 amide bonds. The molecule has 0 heterocycles. The summed E-state index contributed by atoms with van der Waals surface area (Å²) >= 11 is 0. The lowest BCUT2D eigenvalue weighted by molar-refractivity contribution is 0.174. The number of rotatable bonds is 8. The molecule has 0 saturated heterocycles.